The summed E-state index contributed by atoms with van der Waals surface area (Å²) in [5.74, 6) is -0.236. The lowest BCUT2D eigenvalue weighted by Crippen LogP contribution is -3.14. The van der Waals surface area contributed by atoms with Gasteiger partial charge in [-0.25, -0.2) is 12.8 Å². The van der Waals surface area contributed by atoms with Gasteiger partial charge in [-0.15, -0.1) is 0 Å². The molecule has 0 radical (unpaired) electrons. The fraction of sp³-hybridized carbons (Fsp3) is 0.400. The molecule has 1 heterocycles. The van der Waals surface area contributed by atoms with Gasteiger partial charge in [-0.3, -0.25) is 0 Å². The van der Waals surface area contributed by atoms with Gasteiger partial charge in [-0.2, -0.15) is 4.31 Å². The van der Waals surface area contributed by atoms with Crippen LogP contribution in [0.2, 0.25) is 0 Å². The predicted octanol–water partition coefficient (Wildman–Crippen LogP) is 2.09. The Hall–Kier alpha value is -1.76. The van der Waals surface area contributed by atoms with E-state index in [1.807, 2.05) is 32.0 Å². The van der Waals surface area contributed by atoms with Crippen molar-refractivity contribution in [1.29, 1.82) is 0 Å². The number of aryl methyl sites for hydroxylation is 2. The summed E-state index contributed by atoms with van der Waals surface area (Å²) in [6, 6.07) is 12.1. The highest BCUT2D eigenvalue weighted by atomic mass is 32.2. The third-order valence-corrected chi connectivity index (χ3v) is 7.36. The van der Waals surface area contributed by atoms with Gasteiger partial charge >= 0.3 is 0 Å². The molecule has 0 unspecified atom stereocenters. The summed E-state index contributed by atoms with van der Waals surface area (Å²) >= 11 is 0. The number of nitrogens with zero attached hydrogens (tertiary/aromatic N) is 1. The average molecular weight is 378 g/mol. The van der Waals surface area contributed by atoms with Crippen molar-refractivity contribution in [3.05, 3.63) is 65.0 Å². The normalized spacial score (nSPS) is 18.0. The molecule has 2 aromatic carbocycles. The van der Waals surface area contributed by atoms with E-state index in [0.717, 1.165) is 29.8 Å². The van der Waals surface area contributed by atoms with Gasteiger partial charge in [0.15, 0.2) is 0 Å². The summed E-state index contributed by atoms with van der Waals surface area (Å²) in [6.07, 6.45) is 0. The molecule has 3 rings (SSSR count). The van der Waals surface area contributed by atoms with Crippen molar-refractivity contribution in [2.75, 3.05) is 26.2 Å². The van der Waals surface area contributed by atoms with E-state index in [9.17, 15) is 12.8 Å². The number of hydrogen-bond acceptors (Lipinski definition) is 2. The summed E-state index contributed by atoms with van der Waals surface area (Å²) in [7, 11) is -3.45. The fourth-order valence-electron chi connectivity index (χ4n) is 3.46. The van der Waals surface area contributed by atoms with Crippen LogP contribution in [0.3, 0.4) is 0 Å². The van der Waals surface area contributed by atoms with Gasteiger partial charge in [0.25, 0.3) is 0 Å². The van der Waals surface area contributed by atoms with Gasteiger partial charge in [-0.1, -0.05) is 18.2 Å². The number of nitrogens with one attached hydrogen (secondary N) is 1. The first kappa shape index (κ1) is 19.0. The SMILES string of the molecule is Cc1ccc(S(=O)(=O)N2CC[NH+]([C@H](C)c3ccc(F)cc3)CC2)cc1C. The van der Waals surface area contributed by atoms with Gasteiger partial charge in [-0.05, 0) is 56.2 Å². The summed E-state index contributed by atoms with van der Waals surface area (Å²) in [5.41, 5.74) is 3.15. The topological polar surface area (TPSA) is 41.8 Å². The Morgan fingerprint density at radius 1 is 1.00 bits per heavy atom. The summed E-state index contributed by atoms with van der Waals surface area (Å²) in [6.45, 7) is 8.49. The molecule has 6 heteroatoms. The second kappa shape index (κ2) is 7.47. The predicted molar refractivity (Wildman–Crippen MR) is 100 cm³/mol. The van der Waals surface area contributed by atoms with Gasteiger partial charge in [0.1, 0.15) is 11.9 Å². The third kappa shape index (κ3) is 3.82. The molecule has 0 aliphatic carbocycles. The van der Waals surface area contributed by atoms with Crippen molar-refractivity contribution >= 4 is 10.0 Å². The third-order valence-electron chi connectivity index (χ3n) is 5.46. The quantitative estimate of drug-likeness (QED) is 0.887. The first-order valence-corrected chi connectivity index (χ1v) is 10.4. The molecule has 1 atom stereocenters. The van der Waals surface area contributed by atoms with Crippen LogP contribution in [0.15, 0.2) is 47.4 Å². The molecule has 1 N–H and O–H groups in total. The van der Waals surface area contributed by atoms with Crippen molar-refractivity contribution in [1.82, 2.24) is 4.31 Å². The van der Waals surface area contributed by atoms with Crippen LogP contribution in [0.4, 0.5) is 4.39 Å². The van der Waals surface area contributed by atoms with Crippen LogP contribution in [-0.2, 0) is 10.0 Å². The second-order valence-electron chi connectivity index (χ2n) is 7.08. The summed E-state index contributed by atoms with van der Waals surface area (Å²) in [4.78, 5) is 1.69. The number of benzene rings is 2. The molecular formula is C20H26FN2O2S+. The highest BCUT2D eigenvalue weighted by Crippen LogP contribution is 2.19. The monoisotopic (exact) mass is 377 g/mol. The smallest absolute Gasteiger partial charge is 0.243 e. The van der Waals surface area contributed by atoms with Gasteiger partial charge in [0.05, 0.1) is 31.1 Å². The highest BCUT2D eigenvalue weighted by molar-refractivity contribution is 7.89. The van der Waals surface area contributed by atoms with Crippen LogP contribution in [0.5, 0.6) is 0 Å². The average Bonchev–Trinajstić information content (AvgIpc) is 2.64. The minimum Gasteiger partial charge on any atom is -0.327 e. The Morgan fingerprint density at radius 3 is 2.19 bits per heavy atom. The van der Waals surface area contributed by atoms with Gasteiger partial charge in [0.2, 0.25) is 10.0 Å². The lowest BCUT2D eigenvalue weighted by atomic mass is 10.1. The van der Waals surface area contributed by atoms with E-state index in [4.69, 9.17) is 0 Å². The molecule has 0 amide bonds. The molecular weight excluding hydrogens is 351 g/mol. The Bertz CT molecular complexity index is 873. The largest absolute Gasteiger partial charge is 0.327 e. The second-order valence-corrected chi connectivity index (χ2v) is 9.02. The number of rotatable bonds is 4. The van der Waals surface area contributed by atoms with E-state index in [2.05, 4.69) is 6.92 Å². The maximum atomic E-state index is 13.1. The van der Waals surface area contributed by atoms with Crippen molar-refractivity contribution in [2.24, 2.45) is 0 Å². The molecule has 4 nitrogen and oxygen atoms in total. The lowest BCUT2D eigenvalue weighted by molar-refractivity contribution is -0.933. The van der Waals surface area contributed by atoms with E-state index in [-0.39, 0.29) is 11.9 Å². The molecule has 0 aromatic heterocycles. The van der Waals surface area contributed by atoms with Crippen LogP contribution in [0.1, 0.15) is 29.7 Å². The molecule has 1 saturated heterocycles. The zero-order valence-corrected chi connectivity index (χ0v) is 16.3. The van der Waals surface area contributed by atoms with E-state index in [0.29, 0.717) is 18.0 Å². The van der Waals surface area contributed by atoms with E-state index in [1.54, 1.807) is 16.4 Å². The van der Waals surface area contributed by atoms with Crippen LogP contribution in [0.25, 0.3) is 0 Å². The zero-order valence-electron chi connectivity index (χ0n) is 15.5. The molecule has 1 aliphatic heterocycles. The molecule has 0 bridgehead atoms. The maximum Gasteiger partial charge on any atom is 0.243 e. The minimum atomic E-state index is -3.45. The zero-order chi connectivity index (χ0) is 18.9. The highest BCUT2D eigenvalue weighted by Gasteiger charge is 2.32. The minimum absolute atomic E-state index is 0.210. The van der Waals surface area contributed by atoms with Gasteiger partial charge < -0.3 is 4.90 Å². The number of quaternary nitrogens is 1. The molecule has 1 fully saturated rings. The number of piperazine rings is 1. The molecule has 2 aromatic rings. The molecule has 1 aliphatic rings. The number of sulfonamides is 1. The van der Waals surface area contributed by atoms with E-state index >= 15 is 0 Å². The van der Waals surface area contributed by atoms with Crippen molar-refractivity contribution < 1.29 is 17.7 Å². The maximum absolute atomic E-state index is 13.1. The number of halogens is 1. The van der Waals surface area contributed by atoms with E-state index in [1.165, 1.54) is 17.0 Å². The Kier molecular flexibility index (Phi) is 5.46. The standard InChI is InChI=1S/C20H25FN2O2S/c1-15-4-9-20(14-16(15)2)26(24,25)23-12-10-22(11-13-23)17(3)18-5-7-19(21)8-6-18/h4-9,14,17H,10-13H2,1-3H3/p+1/t17-/m1/s1. The number of hydrogen-bond donors (Lipinski definition) is 1. The van der Waals surface area contributed by atoms with Crippen molar-refractivity contribution in [2.45, 2.75) is 31.7 Å². The molecule has 140 valence electrons. The molecule has 0 saturated carbocycles. The van der Waals surface area contributed by atoms with Crippen molar-refractivity contribution in [3.8, 4) is 0 Å². The Morgan fingerprint density at radius 2 is 1.62 bits per heavy atom. The first-order chi connectivity index (χ1) is 12.3. The van der Waals surface area contributed by atoms with Gasteiger partial charge in [0, 0.05) is 5.56 Å². The first-order valence-electron chi connectivity index (χ1n) is 8.96. The van der Waals surface area contributed by atoms with Crippen LogP contribution >= 0.6 is 0 Å². The summed E-state index contributed by atoms with van der Waals surface area (Å²) in [5, 5.41) is 0. The Balaban J connectivity index is 1.69. The fourth-order valence-corrected chi connectivity index (χ4v) is 4.98. The lowest BCUT2D eigenvalue weighted by Gasteiger charge is -2.35. The van der Waals surface area contributed by atoms with Crippen molar-refractivity contribution in [3.63, 3.8) is 0 Å². The van der Waals surface area contributed by atoms with Crippen LogP contribution in [-0.4, -0.2) is 38.9 Å². The molecule has 26 heavy (non-hydrogen) atoms. The van der Waals surface area contributed by atoms with Crippen LogP contribution in [0, 0.1) is 19.7 Å². The van der Waals surface area contributed by atoms with Crippen LogP contribution < -0.4 is 4.90 Å². The molecule has 0 spiro atoms. The Labute approximate surface area is 155 Å². The summed E-state index contributed by atoms with van der Waals surface area (Å²) < 4.78 is 40.5. The van der Waals surface area contributed by atoms with E-state index < -0.39 is 10.0 Å².